The molecule has 2 bridgehead atoms. The summed E-state index contributed by atoms with van der Waals surface area (Å²) in [6.07, 6.45) is 5.06. The van der Waals surface area contributed by atoms with Gasteiger partial charge < -0.3 is 4.52 Å². The van der Waals surface area contributed by atoms with Gasteiger partial charge in [0.2, 0.25) is 0 Å². The Balaban J connectivity index is 1.83. The largest absolute Gasteiger partial charge is 0.364 e. The number of fused-ring (bicyclic) bond motifs is 2. The standard InChI is InChI=1S/C11H13NO4S/c13-11(8-5-12-16-6-8)7-3-9-1-2-10(4-7)17(9,14)15/h5-7,9-10H,1-4H2. The summed E-state index contributed by atoms with van der Waals surface area (Å²) in [5.41, 5.74) is 0.452. The van der Waals surface area contributed by atoms with Gasteiger partial charge in [0.25, 0.3) is 0 Å². The van der Waals surface area contributed by atoms with Crippen molar-refractivity contribution in [3.8, 4) is 0 Å². The third kappa shape index (κ3) is 1.62. The van der Waals surface area contributed by atoms with Crippen molar-refractivity contribution in [1.29, 1.82) is 0 Å². The second-order valence-electron chi connectivity index (χ2n) is 4.86. The highest BCUT2D eigenvalue weighted by Crippen LogP contribution is 2.42. The number of hydrogen-bond donors (Lipinski definition) is 0. The van der Waals surface area contributed by atoms with E-state index in [1.165, 1.54) is 12.5 Å². The van der Waals surface area contributed by atoms with E-state index in [0.29, 0.717) is 31.2 Å². The zero-order chi connectivity index (χ0) is 12.0. The molecule has 1 aromatic rings. The summed E-state index contributed by atoms with van der Waals surface area (Å²) in [6.45, 7) is 0. The zero-order valence-corrected chi connectivity index (χ0v) is 10.0. The molecule has 2 fully saturated rings. The average molecular weight is 255 g/mol. The Morgan fingerprint density at radius 3 is 2.47 bits per heavy atom. The van der Waals surface area contributed by atoms with E-state index in [4.69, 9.17) is 0 Å². The Kier molecular flexibility index (Phi) is 2.36. The van der Waals surface area contributed by atoms with Crippen LogP contribution in [0.25, 0.3) is 0 Å². The minimum absolute atomic E-state index is 0.0296. The Labute approximate surface area is 99.1 Å². The van der Waals surface area contributed by atoms with E-state index in [1.54, 1.807) is 0 Å². The van der Waals surface area contributed by atoms with Crippen LogP contribution in [0.15, 0.2) is 17.0 Å². The SMILES string of the molecule is O=C(c1cnoc1)C1CC2CCC(C1)S2(=O)=O. The van der Waals surface area contributed by atoms with Gasteiger partial charge in [-0.2, -0.15) is 0 Å². The second kappa shape index (κ2) is 3.66. The molecule has 0 amide bonds. The molecule has 0 aliphatic carbocycles. The molecule has 92 valence electrons. The molecule has 2 aliphatic rings. The molecule has 2 aliphatic heterocycles. The minimum atomic E-state index is -2.96. The van der Waals surface area contributed by atoms with Gasteiger partial charge in [-0.25, -0.2) is 8.42 Å². The van der Waals surface area contributed by atoms with Crippen molar-refractivity contribution in [2.45, 2.75) is 36.2 Å². The highest BCUT2D eigenvalue weighted by Gasteiger charge is 2.48. The number of Topliss-reactive ketones (excluding diaryl/α,β-unsaturated/α-hetero) is 1. The van der Waals surface area contributed by atoms with E-state index in [-0.39, 0.29) is 22.2 Å². The number of ketones is 1. The molecule has 1 aromatic heterocycles. The Hall–Kier alpha value is -1.17. The fourth-order valence-electron chi connectivity index (χ4n) is 2.98. The van der Waals surface area contributed by atoms with Crippen LogP contribution in [0.2, 0.25) is 0 Å². The predicted molar refractivity (Wildman–Crippen MR) is 59.3 cm³/mol. The van der Waals surface area contributed by atoms with Gasteiger partial charge in [0.1, 0.15) is 6.26 Å². The van der Waals surface area contributed by atoms with E-state index in [0.717, 1.165) is 0 Å². The van der Waals surface area contributed by atoms with Crippen LogP contribution in [0, 0.1) is 5.92 Å². The van der Waals surface area contributed by atoms with Gasteiger partial charge in [0.05, 0.1) is 22.3 Å². The monoisotopic (exact) mass is 255 g/mol. The van der Waals surface area contributed by atoms with Crippen molar-refractivity contribution in [3.05, 3.63) is 18.0 Å². The Morgan fingerprint density at radius 1 is 1.29 bits per heavy atom. The summed E-state index contributed by atoms with van der Waals surface area (Å²) in [7, 11) is -2.96. The molecule has 17 heavy (non-hydrogen) atoms. The van der Waals surface area contributed by atoms with Gasteiger partial charge in [-0.15, -0.1) is 0 Å². The number of carbonyl (C=O) groups excluding carboxylic acids is 1. The molecular formula is C11H13NO4S. The van der Waals surface area contributed by atoms with Crippen LogP contribution < -0.4 is 0 Å². The normalized spacial score (nSPS) is 34.7. The lowest BCUT2D eigenvalue weighted by atomic mass is 9.92. The molecule has 2 atom stereocenters. The van der Waals surface area contributed by atoms with Gasteiger partial charge in [0.15, 0.2) is 15.6 Å². The number of carbonyl (C=O) groups is 1. The first-order chi connectivity index (χ1) is 8.09. The molecule has 3 rings (SSSR count). The van der Waals surface area contributed by atoms with Crippen LogP contribution in [-0.2, 0) is 9.84 Å². The number of hydrogen-bond acceptors (Lipinski definition) is 5. The maximum atomic E-state index is 12.1. The molecule has 0 radical (unpaired) electrons. The van der Waals surface area contributed by atoms with E-state index >= 15 is 0 Å². The second-order valence-corrected chi connectivity index (χ2v) is 7.37. The van der Waals surface area contributed by atoms with Crippen LogP contribution in [0.3, 0.4) is 0 Å². The zero-order valence-electron chi connectivity index (χ0n) is 9.20. The van der Waals surface area contributed by atoms with Crippen LogP contribution in [0.4, 0.5) is 0 Å². The third-order valence-corrected chi connectivity index (χ3v) is 6.64. The first kappa shape index (κ1) is 11.0. The first-order valence-corrected chi connectivity index (χ1v) is 7.36. The van der Waals surface area contributed by atoms with Crippen molar-refractivity contribution in [1.82, 2.24) is 5.16 Å². The molecule has 6 heteroatoms. The third-order valence-electron chi connectivity index (χ3n) is 3.92. The van der Waals surface area contributed by atoms with Crippen molar-refractivity contribution < 1.29 is 17.7 Å². The summed E-state index contributed by atoms with van der Waals surface area (Å²) < 4.78 is 28.4. The summed E-state index contributed by atoms with van der Waals surface area (Å²) in [5.74, 6) is -0.214. The lowest BCUT2D eigenvalue weighted by molar-refractivity contribution is 0.0905. The number of aromatic nitrogens is 1. The molecule has 3 heterocycles. The van der Waals surface area contributed by atoms with Crippen LogP contribution in [-0.4, -0.2) is 29.9 Å². The van der Waals surface area contributed by atoms with Crippen molar-refractivity contribution >= 4 is 15.6 Å². The minimum Gasteiger partial charge on any atom is -0.364 e. The van der Waals surface area contributed by atoms with Gasteiger partial charge in [-0.05, 0) is 25.7 Å². The molecule has 2 saturated heterocycles. The highest BCUT2D eigenvalue weighted by molar-refractivity contribution is 7.93. The van der Waals surface area contributed by atoms with Gasteiger partial charge in [0, 0.05) is 5.92 Å². The molecule has 2 unspecified atom stereocenters. The highest BCUT2D eigenvalue weighted by atomic mass is 32.2. The van der Waals surface area contributed by atoms with Gasteiger partial charge >= 0.3 is 0 Å². The smallest absolute Gasteiger partial charge is 0.170 e. The maximum Gasteiger partial charge on any atom is 0.170 e. The summed E-state index contributed by atoms with van der Waals surface area (Å²) in [5, 5.41) is 2.89. The predicted octanol–water partition coefficient (Wildman–Crippen LogP) is 1.21. The number of sulfone groups is 1. The van der Waals surface area contributed by atoms with Crippen molar-refractivity contribution in [3.63, 3.8) is 0 Å². The maximum absolute atomic E-state index is 12.1. The fourth-order valence-corrected chi connectivity index (χ4v) is 5.46. The molecule has 0 saturated carbocycles. The van der Waals surface area contributed by atoms with Crippen LogP contribution in [0.5, 0.6) is 0 Å². The van der Waals surface area contributed by atoms with E-state index in [2.05, 4.69) is 9.68 Å². The Bertz CT molecular complexity index is 514. The number of nitrogens with zero attached hydrogens (tertiary/aromatic N) is 1. The summed E-state index contributed by atoms with van der Waals surface area (Å²) in [4.78, 5) is 12.1. The lowest BCUT2D eigenvalue weighted by Crippen LogP contribution is -2.36. The number of rotatable bonds is 2. The topological polar surface area (TPSA) is 77.2 Å². The lowest BCUT2D eigenvalue weighted by Gasteiger charge is -2.26. The van der Waals surface area contributed by atoms with E-state index in [1.807, 2.05) is 0 Å². The molecule has 5 nitrogen and oxygen atoms in total. The van der Waals surface area contributed by atoms with E-state index < -0.39 is 9.84 Å². The van der Waals surface area contributed by atoms with Crippen LogP contribution in [0.1, 0.15) is 36.0 Å². The fraction of sp³-hybridized carbons (Fsp3) is 0.636. The molecule has 0 spiro atoms. The quantitative estimate of drug-likeness (QED) is 0.742. The average Bonchev–Trinajstić information content (AvgIpc) is 2.82. The first-order valence-electron chi connectivity index (χ1n) is 5.75. The van der Waals surface area contributed by atoms with Gasteiger partial charge in [-0.3, -0.25) is 4.79 Å². The van der Waals surface area contributed by atoms with Crippen molar-refractivity contribution in [2.75, 3.05) is 0 Å². The van der Waals surface area contributed by atoms with E-state index in [9.17, 15) is 13.2 Å². The van der Waals surface area contributed by atoms with Crippen LogP contribution >= 0.6 is 0 Å². The molecule has 0 N–H and O–H groups in total. The Morgan fingerprint density at radius 2 is 1.94 bits per heavy atom. The van der Waals surface area contributed by atoms with Crippen molar-refractivity contribution in [2.24, 2.45) is 5.92 Å². The molecular weight excluding hydrogens is 242 g/mol. The molecule has 0 aromatic carbocycles. The summed E-state index contributed by atoms with van der Waals surface area (Å²) >= 11 is 0. The van der Waals surface area contributed by atoms with Gasteiger partial charge in [-0.1, -0.05) is 5.16 Å². The summed E-state index contributed by atoms with van der Waals surface area (Å²) in [6, 6.07) is 0.